The van der Waals surface area contributed by atoms with Crippen LogP contribution in [-0.4, -0.2) is 54.3 Å². The van der Waals surface area contributed by atoms with Crippen molar-refractivity contribution in [1.29, 1.82) is 0 Å². The minimum Gasteiger partial charge on any atom is -0.466 e. The number of hydrogen-bond donors (Lipinski definition) is 1. The lowest BCUT2D eigenvalue weighted by Gasteiger charge is -2.25. The van der Waals surface area contributed by atoms with Gasteiger partial charge in [-0.15, -0.1) is 0 Å². The first-order valence-corrected chi connectivity index (χ1v) is 15.3. The number of carbonyl (C=O) groups excluding carboxylic acids is 1. The van der Waals surface area contributed by atoms with Crippen LogP contribution in [-0.2, 0) is 31.6 Å². The first-order valence-electron chi connectivity index (χ1n) is 13.7. The van der Waals surface area contributed by atoms with Crippen molar-refractivity contribution >= 4 is 33.3 Å². The highest BCUT2D eigenvalue weighted by atomic mass is 32.2. The molecule has 0 amide bonds. The van der Waals surface area contributed by atoms with Crippen LogP contribution in [0.4, 0.5) is 5.82 Å². The second kappa shape index (κ2) is 12.6. The van der Waals surface area contributed by atoms with E-state index in [9.17, 15) is 13.2 Å². The number of nitrogens with zero attached hydrogens (tertiary/aromatic N) is 4. The van der Waals surface area contributed by atoms with Crippen molar-refractivity contribution in [2.75, 3.05) is 18.9 Å². The van der Waals surface area contributed by atoms with Crippen LogP contribution in [0.2, 0.25) is 0 Å². The molecule has 2 aliphatic heterocycles. The summed E-state index contributed by atoms with van der Waals surface area (Å²) in [5, 5.41) is 6.47. The number of fused-ring (bicyclic) bond motifs is 1. The first kappa shape index (κ1) is 30.7. The molecule has 39 heavy (non-hydrogen) atoms. The van der Waals surface area contributed by atoms with Gasteiger partial charge in [-0.3, -0.25) is 14.4 Å². The average Bonchev–Trinajstić information content (AvgIpc) is 3.22. The third-order valence-electron chi connectivity index (χ3n) is 7.54. The van der Waals surface area contributed by atoms with Gasteiger partial charge in [0.25, 0.3) is 10.1 Å². The SMILES string of the molecule is CCOC(=O)CCCCC[n+]1cccc2c1N=C(/C=C/C=C1/N(CCCS(=O)(=O)O)N=C(C)C1(C)C)C2(C)C. The van der Waals surface area contributed by atoms with Crippen LogP contribution in [0.15, 0.2) is 52.3 Å². The molecule has 0 saturated heterocycles. The van der Waals surface area contributed by atoms with Gasteiger partial charge in [0.2, 0.25) is 0 Å². The number of hydrogen-bond acceptors (Lipinski definition) is 7. The van der Waals surface area contributed by atoms with E-state index in [4.69, 9.17) is 14.3 Å². The fourth-order valence-corrected chi connectivity index (χ4v) is 5.39. The number of ether oxygens (including phenoxy) is 1. The summed E-state index contributed by atoms with van der Waals surface area (Å²) in [5.41, 5.74) is 3.50. The molecule has 0 saturated carbocycles. The van der Waals surface area contributed by atoms with Gasteiger partial charge in [0.05, 0.1) is 36.1 Å². The van der Waals surface area contributed by atoms with Gasteiger partial charge < -0.3 is 4.74 Å². The van der Waals surface area contributed by atoms with Gasteiger partial charge in [0, 0.05) is 29.8 Å². The van der Waals surface area contributed by atoms with Crippen LogP contribution in [0, 0.1) is 5.41 Å². The van der Waals surface area contributed by atoms with Crippen LogP contribution in [0.1, 0.15) is 79.2 Å². The lowest BCUT2D eigenvalue weighted by atomic mass is 9.82. The number of unbranched alkanes of at least 4 members (excludes halogenated alkanes) is 2. The summed E-state index contributed by atoms with van der Waals surface area (Å²) in [7, 11) is -4.01. The maximum atomic E-state index is 11.6. The Morgan fingerprint density at radius 1 is 1.15 bits per heavy atom. The molecule has 0 spiro atoms. The zero-order chi connectivity index (χ0) is 28.8. The summed E-state index contributed by atoms with van der Waals surface area (Å²) in [6.07, 6.45) is 11.6. The van der Waals surface area contributed by atoms with Crippen LogP contribution in [0.3, 0.4) is 0 Å². The summed E-state index contributed by atoms with van der Waals surface area (Å²) in [6.45, 7) is 14.0. The maximum Gasteiger partial charge on any atom is 0.327 e. The number of aromatic nitrogens is 1. The summed E-state index contributed by atoms with van der Waals surface area (Å²) in [4.78, 5) is 16.6. The fraction of sp³-hybridized carbons (Fsp3) is 0.586. The Kier molecular flexibility index (Phi) is 9.88. The number of carbonyl (C=O) groups is 1. The van der Waals surface area contributed by atoms with Gasteiger partial charge in [-0.25, -0.2) is 4.57 Å². The van der Waals surface area contributed by atoms with Crippen molar-refractivity contribution in [1.82, 2.24) is 5.01 Å². The maximum absolute atomic E-state index is 11.6. The lowest BCUT2D eigenvalue weighted by Crippen LogP contribution is -2.34. The number of rotatable bonds is 13. The second-order valence-corrected chi connectivity index (χ2v) is 12.7. The number of aryl methyl sites for hydroxylation is 1. The number of aliphatic imine (C=N–C) groups is 1. The third kappa shape index (κ3) is 7.63. The Morgan fingerprint density at radius 3 is 2.59 bits per heavy atom. The number of allylic oxidation sites excluding steroid dienone is 4. The molecule has 0 unspecified atom stereocenters. The molecular formula is C29H43N4O5S+. The minimum absolute atomic E-state index is 0.132. The predicted octanol–water partition coefficient (Wildman–Crippen LogP) is 4.90. The van der Waals surface area contributed by atoms with E-state index in [0.717, 1.165) is 48.7 Å². The molecule has 0 aromatic carbocycles. The average molecular weight is 560 g/mol. The molecule has 0 fully saturated rings. The van der Waals surface area contributed by atoms with E-state index < -0.39 is 10.1 Å². The molecular weight excluding hydrogens is 516 g/mol. The molecule has 0 aliphatic carbocycles. The van der Waals surface area contributed by atoms with Crippen molar-refractivity contribution in [3.63, 3.8) is 0 Å². The molecule has 3 heterocycles. The molecule has 3 rings (SSSR count). The second-order valence-electron chi connectivity index (χ2n) is 11.2. The summed E-state index contributed by atoms with van der Waals surface area (Å²) in [6, 6.07) is 4.19. The van der Waals surface area contributed by atoms with Crippen LogP contribution in [0.5, 0.6) is 0 Å². The van der Waals surface area contributed by atoms with Gasteiger partial charge >= 0.3 is 11.8 Å². The number of esters is 1. The molecule has 0 bridgehead atoms. The van der Waals surface area contributed by atoms with Crippen LogP contribution in [0.25, 0.3) is 0 Å². The highest BCUT2D eigenvalue weighted by Crippen LogP contribution is 2.39. The minimum atomic E-state index is -4.01. The number of pyridine rings is 1. The largest absolute Gasteiger partial charge is 0.466 e. The Hall–Kier alpha value is -2.85. The Labute approximate surface area is 233 Å². The zero-order valence-corrected chi connectivity index (χ0v) is 24.9. The van der Waals surface area contributed by atoms with Gasteiger partial charge in [-0.1, -0.05) is 6.08 Å². The summed E-state index contributed by atoms with van der Waals surface area (Å²) >= 11 is 0. The monoisotopic (exact) mass is 559 g/mol. The Balaban J connectivity index is 1.72. The topological polar surface area (TPSA) is 113 Å². The highest BCUT2D eigenvalue weighted by Gasteiger charge is 2.42. The number of hydrazone groups is 1. The molecule has 0 atom stereocenters. The van der Waals surface area contributed by atoms with Crippen molar-refractivity contribution in [2.24, 2.45) is 15.5 Å². The molecule has 214 valence electrons. The highest BCUT2D eigenvalue weighted by molar-refractivity contribution is 7.85. The fourth-order valence-electron chi connectivity index (χ4n) is 4.89. The Bertz CT molecular complexity index is 1290. The molecule has 1 N–H and O–H groups in total. The van der Waals surface area contributed by atoms with E-state index in [2.05, 4.69) is 55.7 Å². The smallest absolute Gasteiger partial charge is 0.327 e. The van der Waals surface area contributed by atoms with E-state index >= 15 is 0 Å². The van der Waals surface area contributed by atoms with Crippen molar-refractivity contribution in [2.45, 2.75) is 85.6 Å². The first-order chi connectivity index (χ1) is 18.3. The molecule has 9 nitrogen and oxygen atoms in total. The van der Waals surface area contributed by atoms with E-state index in [1.165, 1.54) is 5.56 Å². The standard InChI is InChI=1S/C29H42N4O5S/c1-7-38-26(34)17-9-8-10-18-32-19-12-14-23-27(32)30-24(29(23,5)6)15-11-16-25-28(3,4)22(2)31-33(25)20-13-21-39(35,36)37/h11-12,14-16,19H,7-10,13,17-18,20-21H2,1-6H3/p+1. The van der Waals surface area contributed by atoms with E-state index in [0.29, 0.717) is 19.6 Å². The van der Waals surface area contributed by atoms with E-state index in [1.807, 2.05) is 37.1 Å². The summed E-state index contributed by atoms with van der Waals surface area (Å²) in [5.74, 6) is 0.538. The van der Waals surface area contributed by atoms with Crippen LogP contribution >= 0.6 is 0 Å². The van der Waals surface area contributed by atoms with Crippen LogP contribution < -0.4 is 4.57 Å². The molecule has 1 aromatic heterocycles. The third-order valence-corrected chi connectivity index (χ3v) is 8.35. The van der Waals surface area contributed by atoms with Gasteiger partial charge in [0.15, 0.2) is 5.71 Å². The van der Waals surface area contributed by atoms with Crippen molar-refractivity contribution in [3.8, 4) is 0 Å². The normalized spacial score (nSPS) is 18.9. The molecule has 2 aliphatic rings. The quantitative estimate of drug-likeness (QED) is 0.159. The van der Waals surface area contributed by atoms with E-state index in [1.54, 1.807) is 0 Å². The Morgan fingerprint density at radius 2 is 1.90 bits per heavy atom. The lowest BCUT2D eigenvalue weighted by molar-refractivity contribution is -0.684. The zero-order valence-electron chi connectivity index (χ0n) is 24.1. The van der Waals surface area contributed by atoms with Crippen molar-refractivity contribution < 1.29 is 27.1 Å². The van der Waals surface area contributed by atoms with Gasteiger partial charge in [0.1, 0.15) is 0 Å². The van der Waals surface area contributed by atoms with E-state index in [-0.39, 0.29) is 29.0 Å². The molecule has 10 heteroatoms. The predicted molar refractivity (Wildman–Crippen MR) is 154 cm³/mol. The molecule has 0 radical (unpaired) electrons. The molecule has 1 aromatic rings. The van der Waals surface area contributed by atoms with Crippen molar-refractivity contribution in [3.05, 3.63) is 47.8 Å². The summed E-state index contributed by atoms with van der Waals surface area (Å²) < 4.78 is 38.6. The van der Waals surface area contributed by atoms with Gasteiger partial charge in [-0.05, 0) is 96.5 Å². The van der Waals surface area contributed by atoms with Gasteiger partial charge in [-0.2, -0.15) is 13.5 Å².